The largest absolute Gasteiger partial charge is 0.477 e. The normalized spacial score (nSPS) is 11.6. The van der Waals surface area contributed by atoms with Crippen LogP contribution in [0.3, 0.4) is 0 Å². The number of carbonyl (C=O) groups is 2. The summed E-state index contributed by atoms with van der Waals surface area (Å²) < 4.78 is 10.4. The number of ether oxygens (including phenoxy) is 2. The Balaban J connectivity index is 1.89. The lowest BCUT2D eigenvalue weighted by Crippen LogP contribution is -2.28. The minimum atomic E-state index is -0.905. The first-order valence-electron chi connectivity index (χ1n) is 6.84. The summed E-state index contributed by atoms with van der Waals surface area (Å²) in [7, 11) is 0. The number of carbonyl (C=O) groups excluding carboxylic acids is 2. The lowest BCUT2D eigenvalue weighted by atomic mass is 10.1. The van der Waals surface area contributed by atoms with Crippen LogP contribution in [-0.4, -0.2) is 24.5 Å². The second-order valence-electron chi connectivity index (χ2n) is 4.73. The molecule has 2 rings (SSSR count). The van der Waals surface area contributed by atoms with Crippen molar-refractivity contribution in [1.82, 2.24) is 0 Å². The summed E-state index contributed by atoms with van der Waals surface area (Å²) in [6, 6.07) is 13.3. The standard InChI is InChI=1S/C17H14Cl2O4/c1-11(23-16-8-7-13(18)9-14(16)19)17(21)22-10-15(20)12-5-3-2-4-6-12/h2-9,11H,10H2,1H3/t11-/m1/s1. The number of ketones is 1. The predicted molar refractivity (Wildman–Crippen MR) is 88.3 cm³/mol. The minimum Gasteiger partial charge on any atom is -0.477 e. The van der Waals surface area contributed by atoms with Gasteiger partial charge in [-0.3, -0.25) is 4.79 Å². The van der Waals surface area contributed by atoms with Crippen molar-refractivity contribution in [2.24, 2.45) is 0 Å². The highest BCUT2D eigenvalue weighted by Crippen LogP contribution is 2.28. The molecule has 0 bridgehead atoms. The van der Waals surface area contributed by atoms with Crippen molar-refractivity contribution in [2.75, 3.05) is 6.61 Å². The molecule has 0 amide bonds. The molecule has 0 aromatic heterocycles. The zero-order valence-electron chi connectivity index (χ0n) is 12.3. The molecule has 4 nitrogen and oxygen atoms in total. The van der Waals surface area contributed by atoms with E-state index in [0.29, 0.717) is 16.3 Å². The minimum absolute atomic E-state index is 0.282. The smallest absolute Gasteiger partial charge is 0.347 e. The van der Waals surface area contributed by atoms with Crippen molar-refractivity contribution in [1.29, 1.82) is 0 Å². The molecular formula is C17H14Cl2O4. The van der Waals surface area contributed by atoms with E-state index in [2.05, 4.69) is 0 Å². The molecule has 0 N–H and O–H groups in total. The van der Waals surface area contributed by atoms with Crippen LogP contribution < -0.4 is 4.74 Å². The molecule has 120 valence electrons. The van der Waals surface area contributed by atoms with Crippen LogP contribution in [0.5, 0.6) is 5.75 Å². The first-order chi connectivity index (χ1) is 11.0. The molecule has 2 aromatic rings. The maximum absolute atomic E-state index is 11.9. The fourth-order valence-corrected chi connectivity index (χ4v) is 2.22. The summed E-state index contributed by atoms with van der Waals surface area (Å²) in [6.45, 7) is 1.17. The molecule has 2 aromatic carbocycles. The van der Waals surface area contributed by atoms with Crippen LogP contribution in [0.1, 0.15) is 17.3 Å². The number of Topliss-reactive ketones (excluding diaryl/α,β-unsaturated/α-hetero) is 1. The Hall–Kier alpha value is -2.04. The Morgan fingerprint density at radius 3 is 2.43 bits per heavy atom. The quantitative estimate of drug-likeness (QED) is 0.577. The van der Waals surface area contributed by atoms with Crippen molar-refractivity contribution in [3.05, 3.63) is 64.1 Å². The molecule has 0 aliphatic rings. The highest BCUT2D eigenvalue weighted by Gasteiger charge is 2.19. The van der Waals surface area contributed by atoms with Crippen LogP contribution in [0.2, 0.25) is 10.0 Å². The molecule has 23 heavy (non-hydrogen) atoms. The van der Waals surface area contributed by atoms with Gasteiger partial charge in [0, 0.05) is 10.6 Å². The first-order valence-corrected chi connectivity index (χ1v) is 7.59. The number of hydrogen-bond donors (Lipinski definition) is 0. The second-order valence-corrected chi connectivity index (χ2v) is 5.58. The molecule has 6 heteroatoms. The van der Waals surface area contributed by atoms with Crippen molar-refractivity contribution in [2.45, 2.75) is 13.0 Å². The van der Waals surface area contributed by atoms with Crippen molar-refractivity contribution < 1.29 is 19.1 Å². The van der Waals surface area contributed by atoms with E-state index >= 15 is 0 Å². The molecule has 0 saturated carbocycles. The molecule has 0 aliphatic heterocycles. The lowest BCUT2D eigenvalue weighted by molar-refractivity contribution is -0.149. The summed E-state index contributed by atoms with van der Waals surface area (Å²) in [5.41, 5.74) is 0.481. The van der Waals surface area contributed by atoms with E-state index in [1.807, 2.05) is 0 Å². The van der Waals surface area contributed by atoms with Gasteiger partial charge < -0.3 is 9.47 Å². The number of benzene rings is 2. The Morgan fingerprint density at radius 1 is 1.09 bits per heavy atom. The Labute approximate surface area is 143 Å². The molecule has 0 fully saturated rings. The van der Waals surface area contributed by atoms with Gasteiger partial charge in [-0.25, -0.2) is 4.79 Å². The average Bonchev–Trinajstić information content (AvgIpc) is 2.55. The summed E-state index contributed by atoms with van der Waals surface area (Å²) in [4.78, 5) is 23.8. The third kappa shape index (κ3) is 4.98. The van der Waals surface area contributed by atoms with Crippen LogP contribution >= 0.6 is 23.2 Å². The van der Waals surface area contributed by atoms with Gasteiger partial charge in [0.2, 0.25) is 0 Å². The molecule has 0 aliphatic carbocycles. The van der Waals surface area contributed by atoms with E-state index in [-0.39, 0.29) is 17.4 Å². The summed E-state index contributed by atoms with van der Waals surface area (Å²) in [5.74, 6) is -0.620. The lowest BCUT2D eigenvalue weighted by Gasteiger charge is -2.14. The molecular weight excluding hydrogens is 339 g/mol. The summed E-state index contributed by atoms with van der Waals surface area (Å²) >= 11 is 11.8. The number of halogens is 2. The van der Waals surface area contributed by atoms with Gasteiger partial charge >= 0.3 is 5.97 Å². The van der Waals surface area contributed by atoms with Gasteiger partial charge in [0.1, 0.15) is 5.75 Å². The highest BCUT2D eigenvalue weighted by molar-refractivity contribution is 6.35. The van der Waals surface area contributed by atoms with Gasteiger partial charge in [0.15, 0.2) is 18.5 Å². The Kier molecular flexibility index (Phi) is 6.02. The topological polar surface area (TPSA) is 52.6 Å². The van der Waals surface area contributed by atoms with Crippen molar-refractivity contribution >= 4 is 35.0 Å². The molecule has 0 radical (unpaired) electrons. The van der Waals surface area contributed by atoms with Crippen molar-refractivity contribution in [3.63, 3.8) is 0 Å². The van der Waals surface area contributed by atoms with Crippen molar-refractivity contribution in [3.8, 4) is 5.75 Å². The average molecular weight is 353 g/mol. The second kappa shape index (κ2) is 7.99. The van der Waals surface area contributed by atoms with Gasteiger partial charge in [-0.1, -0.05) is 53.5 Å². The zero-order valence-corrected chi connectivity index (χ0v) is 13.8. The van der Waals surface area contributed by atoms with E-state index in [9.17, 15) is 9.59 Å². The third-order valence-electron chi connectivity index (χ3n) is 2.97. The van der Waals surface area contributed by atoms with Crippen LogP contribution in [0.25, 0.3) is 0 Å². The van der Waals surface area contributed by atoms with E-state index in [4.69, 9.17) is 32.7 Å². The number of hydrogen-bond acceptors (Lipinski definition) is 4. The summed E-state index contributed by atoms with van der Waals surface area (Å²) in [5, 5.41) is 0.753. The van der Waals surface area contributed by atoms with E-state index in [1.54, 1.807) is 42.5 Å². The summed E-state index contributed by atoms with van der Waals surface area (Å²) in [6.07, 6.45) is -0.905. The SMILES string of the molecule is C[C@@H](Oc1ccc(Cl)cc1Cl)C(=O)OCC(=O)c1ccccc1. The van der Waals surface area contributed by atoms with Gasteiger partial charge in [-0.2, -0.15) is 0 Å². The molecule has 0 unspecified atom stereocenters. The van der Waals surface area contributed by atoms with Gasteiger partial charge in [0.05, 0.1) is 5.02 Å². The zero-order chi connectivity index (χ0) is 16.8. The Morgan fingerprint density at radius 2 is 1.78 bits per heavy atom. The molecule has 0 heterocycles. The van der Waals surface area contributed by atoms with Crippen LogP contribution in [0.15, 0.2) is 48.5 Å². The van der Waals surface area contributed by atoms with E-state index < -0.39 is 12.1 Å². The maximum atomic E-state index is 11.9. The van der Waals surface area contributed by atoms with Gasteiger partial charge in [-0.05, 0) is 25.1 Å². The van der Waals surface area contributed by atoms with E-state index in [0.717, 1.165) is 0 Å². The number of esters is 1. The monoisotopic (exact) mass is 352 g/mol. The molecule has 0 spiro atoms. The Bertz CT molecular complexity index is 701. The van der Waals surface area contributed by atoms with Crippen LogP contribution in [0.4, 0.5) is 0 Å². The van der Waals surface area contributed by atoms with Crippen LogP contribution in [0, 0.1) is 0 Å². The molecule has 1 atom stereocenters. The van der Waals surface area contributed by atoms with Crippen LogP contribution in [-0.2, 0) is 9.53 Å². The number of rotatable bonds is 6. The fraction of sp³-hybridized carbons (Fsp3) is 0.176. The maximum Gasteiger partial charge on any atom is 0.347 e. The predicted octanol–water partition coefficient (Wildman–Crippen LogP) is 4.19. The first kappa shape index (κ1) is 17.3. The fourth-order valence-electron chi connectivity index (χ4n) is 1.77. The van der Waals surface area contributed by atoms with E-state index in [1.165, 1.54) is 13.0 Å². The van der Waals surface area contributed by atoms with Gasteiger partial charge in [-0.15, -0.1) is 0 Å². The van der Waals surface area contributed by atoms with Gasteiger partial charge in [0.25, 0.3) is 0 Å². The third-order valence-corrected chi connectivity index (χ3v) is 3.50. The molecule has 0 saturated heterocycles. The highest BCUT2D eigenvalue weighted by atomic mass is 35.5.